The number of imidazole rings is 1. The minimum atomic E-state index is -0.473. The Balaban J connectivity index is 1.55. The van der Waals surface area contributed by atoms with Crippen LogP contribution in [0.3, 0.4) is 0 Å². The molecular weight excluding hydrogens is 459 g/mol. The van der Waals surface area contributed by atoms with Gasteiger partial charge in [0.05, 0.1) is 35.3 Å². The largest absolute Gasteiger partial charge is 0.496 e. The van der Waals surface area contributed by atoms with Crippen LogP contribution in [-0.2, 0) is 7.05 Å². The first kappa shape index (κ1) is 23.7. The zero-order valence-corrected chi connectivity index (χ0v) is 20.6. The molecular formula is C27H29FN6O2. The van der Waals surface area contributed by atoms with Crippen molar-refractivity contribution in [2.45, 2.75) is 25.8 Å². The summed E-state index contributed by atoms with van der Waals surface area (Å²) in [4.78, 5) is 24.9. The third-order valence-electron chi connectivity index (χ3n) is 6.87. The second kappa shape index (κ2) is 9.58. The van der Waals surface area contributed by atoms with Crippen molar-refractivity contribution in [3.05, 3.63) is 65.9 Å². The van der Waals surface area contributed by atoms with Crippen LogP contribution in [0.5, 0.6) is 5.75 Å². The lowest BCUT2D eigenvalue weighted by molar-refractivity contribution is 0.102. The number of methoxy groups -OCH3 is 1. The van der Waals surface area contributed by atoms with Gasteiger partial charge < -0.3 is 25.3 Å². The summed E-state index contributed by atoms with van der Waals surface area (Å²) in [5.74, 6) is 0.357. The van der Waals surface area contributed by atoms with Crippen LogP contribution in [-0.4, -0.2) is 46.7 Å². The quantitative estimate of drug-likeness (QED) is 0.421. The zero-order valence-electron chi connectivity index (χ0n) is 20.6. The maximum atomic E-state index is 14.6. The van der Waals surface area contributed by atoms with E-state index in [0.717, 1.165) is 41.9 Å². The van der Waals surface area contributed by atoms with Crippen LogP contribution in [0.1, 0.15) is 29.2 Å². The summed E-state index contributed by atoms with van der Waals surface area (Å²) in [5, 5.41) is 3.03. The van der Waals surface area contributed by atoms with E-state index < -0.39 is 11.7 Å². The Morgan fingerprint density at radius 3 is 2.78 bits per heavy atom. The third-order valence-corrected chi connectivity index (χ3v) is 6.87. The molecule has 2 aromatic heterocycles. The number of carbonyl (C=O) groups excluding carboxylic acids is 1. The van der Waals surface area contributed by atoms with Gasteiger partial charge >= 0.3 is 0 Å². The van der Waals surface area contributed by atoms with E-state index in [9.17, 15) is 9.18 Å². The highest BCUT2D eigenvalue weighted by atomic mass is 19.1. The molecule has 0 spiro atoms. The van der Waals surface area contributed by atoms with Crippen molar-refractivity contribution < 1.29 is 13.9 Å². The number of carbonyl (C=O) groups is 1. The van der Waals surface area contributed by atoms with Crippen LogP contribution in [0.25, 0.3) is 22.3 Å². The topological polar surface area (TPSA) is 98.3 Å². The number of hydrogen-bond acceptors (Lipinski definition) is 6. The lowest BCUT2D eigenvalue weighted by atomic mass is 10.1. The van der Waals surface area contributed by atoms with Gasteiger partial charge in [-0.05, 0) is 56.2 Å². The predicted molar refractivity (Wildman–Crippen MR) is 139 cm³/mol. The molecule has 1 fully saturated rings. The summed E-state index contributed by atoms with van der Waals surface area (Å²) in [6.45, 7) is 3.31. The van der Waals surface area contributed by atoms with Gasteiger partial charge in [-0.15, -0.1) is 0 Å². The number of halogens is 1. The van der Waals surface area contributed by atoms with E-state index in [-0.39, 0.29) is 17.3 Å². The molecule has 5 rings (SSSR count). The number of aryl methyl sites for hydroxylation is 2. The van der Waals surface area contributed by atoms with Gasteiger partial charge in [0.15, 0.2) is 0 Å². The summed E-state index contributed by atoms with van der Waals surface area (Å²) in [6.07, 6.45) is 2.01. The second-order valence-electron chi connectivity index (χ2n) is 8.95. The van der Waals surface area contributed by atoms with Gasteiger partial charge in [-0.25, -0.2) is 14.4 Å². The molecule has 0 saturated carbocycles. The Kier molecular flexibility index (Phi) is 6.32. The normalized spacial score (nSPS) is 15.5. The van der Waals surface area contributed by atoms with E-state index in [2.05, 4.69) is 15.2 Å². The van der Waals surface area contributed by atoms with E-state index in [4.69, 9.17) is 15.5 Å². The first-order valence-electron chi connectivity index (χ1n) is 12.0. The number of pyridine rings is 1. The fourth-order valence-corrected chi connectivity index (χ4v) is 4.94. The highest BCUT2D eigenvalue weighted by Crippen LogP contribution is 2.38. The molecule has 1 aliphatic heterocycles. The number of ether oxygens (including phenoxy) is 1. The Hall–Kier alpha value is -3.98. The summed E-state index contributed by atoms with van der Waals surface area (Å²) in [6, 6.07) is 13.5. The molecule has 4 aromatic rings. The average Bonchev–Trinajstić information content (AvgIpc) is 3.47. The minimum absolute atomic E-state index is 0.165. The fraction of sp³-hybridized carbons (Fsp3) is 0.296. The van der Waals surface area contributed by atoms with Crippen LogP contribution in [0.2, 0.25) is 0 Å². The van der Waals surface area contributed by atoms with Crippen molar-refractivity contribution in [2.24, 2.45) is 12.8 Å². The van der Waals surface area contributed by atoms with Crippen molar-refractivity contribution in [1.82, 2.24) is 14.5 Å². The van der Waals surface area contributed by atoms with Crippen molar-refractivity contribution in [1.29, 1.82) is 0 Å². The fourth-order valence-electron chi connectivity index (χ4n) is 4.94. The van der Waals surface area contributed by atoms with Gasteiger partial charge in [-0.1, -0.05) is 12.1 Å². The molecule has 0 unspecified atom stereocenters. The van der Waals surface area contributed by atoms with Crippen molar-refractivity contribution in [2.75, 3.05) is 30.4 Å². The maximum Gasteiger partial charge on any atom is 0.274 e. The number of hydrogen-bond donors (Lipinski definition) is 2. The third kappa shape index (κ3) is 4.05. The lowest BCUT2D eigenvalue weighted by Gasteiger charge is -2.28. The first-order chi connectivity index (χ1) is 17.4. The highest BCUT2D eigenvalue weighted by molar-refractivity contribution is 6.08. The molecule has 1 saturated heterocycles. The summed E-state index contributed by atoms with van der Waals surface area (Å²) >= 11 is 0. The monoisotopic (exact) mass is 488 g/mol. The van der Waals surface area contributed by atoms with Crippen LogP contribution in [0, 0.1) is 12.7 Å². The maximum absolute atomic E-state index is 14.6. The number of nitrogens with one attached hydrogen (secondary N) is 1. The predicted octanol–water partition coefficient (Wildman–Crippen LogP) is 4.27. The van der Waals surface area contributed by atoms with Crippen LogP contribution in [0.15, 0.2) is 48.5 Å². The Morgan fingerprint density at radius 2 is 2.00 bits per heavy atom. The number of fused-ring (bicyclic) bond motifs is 1. The number of anilines is 2. The molecule has 0 aliphatic carbocycles. The molecule has 1 amide bonds. The molecule has 0 bridgehead atoms. The molecule has 0 radical (unpaired) electrons. The summed E-state index contributed by atoms with van der Waals surface area (Å²) in [7, 11) is 3.45. The van der Waals surface area contributed by atoms with Crippen molar-refractivity contribution >= 4 is 28.3 Å². The Labute approximate surface area is 208 Å². The van der Waals surface area contributed by atoms with Crippen LogP contribution < -0.4 is 20.7 Å². The number of nitrogens with zero attached hydrogens (tertiary/aromatic N) is 4. The number of nitrogens with two attached hydrogens (primary N) is 1. The standard InChI is InChI=1S/C27H29FN6O2/c1-16-30-25-22(33(16)2)13-12-20(26(25)34-14-6-7-17(34)15-29)32-27(35)21-10-5-9-19(31-21)24-18(28)8-4-11-23(24)36-3/h4-5,8-13,17H,6-7,14-15,29H2,1-3H3,(H,32,35)/t17-/m0/s1. The van der Waals surface area contributed by atoms with Gasteiger partial charge in [-0.3, -0.25) is 4.79 Å². The molecule has 1 atom stereocenters. The molecule has 3 heterocycles. The van der Waals surface area contributed by atoms with Crippen LogP contribution >= 0.6 is 0 Å². The molecule has 1 aliphatic rings. The summed E-state index contributed by atoms with van der Waals surface area (Å²) < 4.78 is 22.0. The highest BCUT2D eigenvalue weighted by Gasteiger charge is 2.29. The molecule has 3 N–H and O–H groups in total. The second-order valence-corrected chi connectivity index (χ2v) is 8.95. The van der Waals surface area contributed by atoms with Gasteiger partial charge in [0.2, 0.25) is 0 Å². The number of amides is 1. The molecule has 8 nitrogen and oxygen atoms in total. The average molecular weight is 489 g/mol. The minimum Gasteiger partial charge on any atom is -0.496 e. The van der Waals surface area contributed by atoms with Gasteiger partial charge in [0.1, 0.15) is 28.6 Å². The molecule has 2 aromatic carbocycles. The van der Waals surface area contributed by atoms with E-state index in [1.165, 1.54) is 13.2 Å². The van der Waals surface area contributed by atoms with Gasteiger partial charge in [-0.2, -0.15) is 0 Å². The number of benzene rings is 2. The first-order valence-corrected chi connectivity index (χ1v) is 12.0. The smallest absolute Gasteiger partial charge is 0.274 e. The molecule has 9 heteroatoms. The van der Waals surface area contributed by atoms with E-state index in [0.29, 0.717) is 23.7 Å². The SMILES string of the molecule is COc1cccc(F)c1-c1cccc(C(=O)Nc2ccc3c(nc(C)n3C)c2N2CCC[C@H]2CN)n1. The number of rotatable bonds is 6. The van der Waals surface area contributed by atoms with E-state index >= 15 is 0 Å². The Bertz CT molecular complexity index is 1450. The lowest BCUT2D eigenvalue weighted by Crippen LogP contribution is -2.36. The van der Waals surface area contributed by atoms with Crippen LogP contribution in [0.4, 0.5) is 15.8 Å². The molecule has 36 heavy (non-hydrogen) atoms. The zero-order chi connectivity index (χ0) is 25.4. The van der Waals surface area contributed by atoms with Crippen molar-refractivity contribution in [3.63, 3.8) is 0 Å². The van der Waals surface area contributed by atoms with Crippen molar-refractivity contribution in [3.8, 4) is 17.0 Å². The van der Waals surface area contributed by atoms with Gasteiger partial charge in [0, 0.05) is 26.2 Å². The number of aromatic nitrogens is 3. The van der Waals surface area contributed by atoms with Gasteiger partial charge in [0.25, 0.3) is 5.91 Å². The Morgan fingerprint density at radius 1 is 1.19 bits per heavy atom. The summed E-state index contributed by atoms with van der Waals surface area (Å²) in [5.41, 5.74) is 10.1. The van der Waals surface area contributed by atoms with E-state index in [1.54, 1.807) is 30.3 Å². The molecule has 186 valence electrons. The van der Waals surface area contributed by atoms with E-state index in [1.807, 2.05) is 30.7 Å².